The highest BCUT2D eigenvalue weighted by Gasteiger charge is 2.62. The van der Waals surface area contributed by atoms with Crippen molar-refractivity contribution in [3.63, 3.8) is 0 Å². The Hall–Kier alpha value is -1.27. The first kappa shape index (κ1) is 14.7. The minimum atomic E-state index is -4.65. The Bertz CT molecular complexity index is 485. The molecule has 0 radical (unpaired) electrons. The molecule has 0 aromatic heterocycles. The van der Waals surface area contributed by atoms with Crippen molar-refractivity contribution in [2.45, 2.75) is 39.0 Å². The number of fused-ring (bicyclic) bond motifs is 1. The molecule has 0 N–H and O–H groups in total. The van der Waals surface area contributed by atoms with E-state index in [4.69, 9.17) is 9.47 Å². The summed E-state index contributed by atoms with van der Waals surface area (Å²) in [5.74, 6) is -1.35. The Morgan fingerprint density at radius 1 is 1.33 bits per heavy atom. The molecule has 2 bridgehead atoms. The molecule has 0 amide bonds. The highest BCUT2D eigenvalue weighted by atomic mass is 19.4. The van der Waals surface area contributed by atoms with Crippen molar-refractivity contribution >= 4 is 11.9 Å². The molecule has 2 saturated carbocycles. The SMILES string of the molecule is CC(C)(C(=O)OCC1C2CC3C(=O)OC1C3C2)C(F)(F)F. The smallest absolute Gasteiger partial charge is 0.404 e. The van der Waals surface area contributed by atoms with Crippen LogP contribution in [-0.2, 0) is 19.1 Å². The van der Waals surface area contributed by atoms with E-state index in [1.54, 1.807) is 0 Å². The zero-order valence-corrected chi connectivity index (χ0v) is 11.8. The fourth-order valence-corrected chi connectivity index (χ4v) is 3.78. The van der Waals surface area contributed by atoms with Crippen molar-refractivity contribution in [2.75, 3.05) is 6.61 Å². The van der Waals surface area contributed by atoms with Gasteiger partial charge in [-0.2, -0.15) is 13.2 Å². The van der Waals surface area contributed by atoms with Gasteiger partial charge in [0.2, 0.25) is 0 Å². The summed E-state index contributed by atoms with van der Waals surface area (Å²) in [6.45, 7) is 1.51. The van der Waals surface area contributed by atoms with E-state index >= 15 is 0 Å². The van der Waals surface area contributed by atoms with E-state index in [0.717, 1.165) is 20.3 Å². The van der Waals surface area contributed by atoms with Crippen molar-refractivity contribution in [1.82, 2.24) is 0 Å². The molecule has 0 aromatic rings. The summed E-state index contributed by atoms with van der Waals surface area (Å²) in [5.41, 5.74) is -2.53. The average Bonchev–Trinajstić information content (AvgIpc) is 2.97. The summed E-state index contributed by atoms with van der Waals surface area (Å²) in [6.07, 6.45) is -3.40. The topological polar surface area (TPSA) is 52.6 Å². The van der Waals surface area contributed by atoms with Crippen LogP contribution in [0.3, 0.4) is 0 Å². The molecule has 3 fully saturated rings. The monoisotopic (exact) mass is 306 g/mol. The maximum atomic E-state index is 12.8. The van der Waals surface area contributed by atoms with Gasteiger partial charge in [-0.1, -0.05) is 0 Å². The van der Waals surface area contributed by atoms with E-state index in [1.807, 2.05) is 0 Å². The number of hydrogen-bond acceptors (Lipinski definition) is 4. The third-order valence-electron chi connectivity index (χ3n) is 5.28. The Morgan fingerprint density at radius 2 is 2.00 bits per heavy atom. The van der Waals surface area contributed by atoms with Crippen LogP contribution < -0.4 is 0 Å². The van der Waals surface area contributed by atoms with Gasteiger partial charge < -0.3 is 9.47 Å². The standard InChI is InChI=1S/C14H17F3O4/c1-13(2,14(15,16)17)12(19)20-5-9-6-3-7-8(4-6)11(18)21-10(7)9/h6-10H,3-5H2,1-2H3. The molecule has 5 atom stereocenters. The van der Waals surface area contributed by atoms with Gasteiger partial charge >= 0.3 is 18.1 Å². The third-order valence-corrected chi connectivity index (χ3v) is 5.28. The van der Waals surface area contributed by atoms with Gasteiger partial charge in [0.05, 0.1) is 12.5 Å². The lowest BCUT2D eigenvalue weighted by Crippen LogP contribution is -2.42. The van der Waals surface area contributed by atoms with Crippen LogP contribution in [0.2, 0.25) is 0 Å². The lowest BCUT2D eigenvalue weighted by atomic mass is 9.82. The van der Waals surface area contributed by atoms with Crippen LogP contribution in [0.4, 0.5) is 13.2 Å². The molecule has 1 aliphatic heterocycles. The summed E-state index contributed by atoms with van der Waals surface area (Å²) in [5, 5.41) is 0. The number of carbonyl (C=O) groups excluding carboxylic acids is 2. The predicted octanol–water partition coefficient (Wildman–Crippen LogP) is 2.32. The Balaban J connectivity index is 1.62. The lowest BCUT2D eigenvalue weighted by molar-refractivity contribution is -0.226. The van der Waals surface area contributed by atoms with E-state index in [9.17, 15) is 22.8 Å². The second kappa shape index (κ2) is 4.36. The normalized spacial score (nSPS) is 37.8. The summed E-state index contributed by atoms with van der Waals surface area (Å²) in [6, 6.07) is 0. The van der Waals surface area contributed by atoms with Gasteiger partial charge in [0.15, 0.2) is 5.41 Å². The van der Waals surface area contributed by atoms with Crippen LogP contribution in [0.1, 0.15) is 26.7 Å². The van der Waals surface area contributed by atoms with E-state index in [1.165, 1.54) is 0 Å². The molecule has 118 valence electrons. The molecular weight excluding hydrogens is 289 g/mol. The summed E-state index contributed by atoms with van der Waals surface area (Å²) in [4.78, 5) is 23.3. The van der Waals surface area contributed by atoms with Crippen molar-refractivity contribution in [3.8, 4) is 0 Å². The predicted molar refractivity (Wildman–Crippen MR) is 63.9 cm³/mol. The van der Waals surface area contributed by atoms with Gasteiger partial charge in [-0.15, -0.1) is 0 Å². The summed E-state index contributed by atoms with van der Waals surface area (Å²) >= 11 is 0. The molecule has 0 spiro atoms. The van der Waals surface area contributed by atoms with Crippen LogP contribution >= 0.6 is 0 Å². The number of rotatable bonds is 3. The first-order chi connectivity index (χ1) is 9.63. The van der Waals surface area contributed by atoms with Crippen LogP contribution in [-0.4, -0.2) is 30.8 Å². The highest BCUT2D eigenvalue weighted by Crippen LogP contribution is 2.57. The van der Waals surface area contributed by atoms with Crippen LogP contribution in [0.25, 0.3) is 0 Å². The Kier molecular flexibility index (Phi) is 3.05. The highest BCUT2D eigenvalue weighted by molar-refractivity contribution is 5.77. The van der Waals surface area contributed by atoms with Gasteiger partial charge in [-0.3, -0.25) is 9.59 Å². The second-order valence-electron chi connectivity index (χ2n) is 6.79. The molecule has 5 unspecified atom stereocenters. The molecule has 0 aromatic carbocycles. The van der Waals surface area contributed by atoms with Crippen LogP contribution in [0.5, 0.6) is 0 Å². The van der Waals surface area contributed by atoms with Gasteiger partial charge in [-0.05, 0) is 32.6 Å². The van der Waals surface area contributed by atoms with E-state index in [-0.39, 0.29) is 42.4 Å². The maximum Gasteiger partial charge on any atom is 0.404 e. The maximum absolute atomic E-state index is 12.8. The molecule has 21 heavy (non-hydrogen) atoms. The van der Waals surface area contributed by atoms with E-state index in [2.05, 4.69) is 0 Å². The fourth-order valence-electron chi connectivity index (χ4n) is 3.78. The lowest BCUT2D eigenvalue weighted by Gasteiger charge is -2.29. The molecule has 4 nitrogen and oxygen atoms in total. The third kappa shape index (κ3) is 2.04. The zero-order valence-electron chi connectivity index (χ0n) is 11.8. The van der Waals surface area contributed by atoms with Crippen molar-refractivity contribution in [1.29, 1.82) is 0 Å². The number of carbonyl (C=O) groups is 2. The van der Waals surface area contributed by atoms with Crippen LogP contribution in [0, 0.1) is 29.1 Å². The number of ether oxygens (including phenoxy) is 2. The molecule has 7 heteroatoms. The minimum Gasteiger partial charge on any atom is -0.465 e. The summed E-state index contributed by atoms with van der Waals surface area (Å²) in [7, 11) is 0. The number of esters is 2. The average molecular weight is 306 g/mol. The number of hydrogen-bond donors (Lipinski definition) is 0. The van der Waals surface area contributed by atoms with E-state index < -0.39 is 17.6 Å². The molecule has 2 aliphatic carbocycles. The molecule has 1 heterocycles. The Morgan fingerprint density at radius 3 is 2.62 bits per heavy atom. The molecular formula is C14H17F3O4. The second-order valence-corrected chi connectivity index (χ2v) is 6.79. The van der Waals surface area contributed by atoms with Crippen LogP contribution in [0.15, 0.2) is 0 Å². The van der Waals surface area contributed by atoms with Gasteiger partial charge in [0, 0.05) is 11.8 Å². The number of alkyl halides is 3. The van der Waals surface area contributed by atoms with Crippen molar-refractivity contribution in [3.05, 3.63) is 0 Å². The van der Waals surface area contributed by atoms with Crippen molar-refractivity contribution in [2.24, 2.45) is 29.1 Å². The number of halogens is 3. The summed E-state index contributed by atoms with van der Waals surface area (Å²) < 4.78 is 48.5. The Labute approximate surface area is 120 Å². The molecule has 1 saturated heterocycles. The fraction of sp³-hybridized carbons (Fsp3) is 0.857. The van der Waals surface area contributed by atoms with Gasteiger partial charge in [0.1, 0.15) is 6.10 Å². The minimum absolute atomic E-state index is 0.0569. The quantitative estimate of drug-likeness (QED) is 0.751. The van der Waals surface area contributed by atoms with Crippen molar-refractivity contribution < 1.29 is 32.2 Å². The molecule has 3 rings (SSSR count). The largest absolute Gasteiger partial charge is 0.465 e. The van der Waals surface area contributed by atoms with Gasteiger partial charge in [0.25, 0.3) is 0 Å². The van der Waals surface area contributed by atoms with Gasteiger partial charge in [-0.25, -0.2) is 0 Å². The first-order valence-corrected chi connectivity index (χ1v) is 7.07. The zero-order chi connectivity index (χ0) is 15.6. The first-order valence-electron chi connectivity index (χ1n) is 7.07. The van der Waals surface area contributed by atoms with E-state index in [0.29, 0.717) is 6.42 Å². The molecule has 3 aliphatic rings.